The molecular weight excluding hydrogens is 421 g/mol. The van der Waals surface area contributed by atoms with Gasteiger partial charge in [0.05, 0.1) is 29.7 Å². The van der Waals surface area contributed by atoms with E-state index in [1.54, 1.807) is 13.8 Å². The SMILES string of the molecule is CCN(CC)S(=O)(=O)c1ccc(OC)c(NC(=O)Cc2cccc(C(F)(F)F)c2)c1. The number of amides is 1. The third kappa shape index (κ3) is 5.51. The fourth-order valence-corrected chi connectivity index (χ4v) is 4.38. The standard InChI is InChI=1S/C20H23F3N2O4S/c1-4-25(5-2)30(27,28)16-9-10-18(29-3)17(13-16)24-19(26)12-14-7-6-8-15(11-14)20(21,22)23/h6-11,13H,4-5,12H2,1-3H3,(H,24,26). The predicted octanol–water partition coefficient (Wildman–Crippen LogP) is 3.93. The van der Waals surface area contributed by atoms with Crippen LogP contribution in [0.25, 0.3) is 0 Å². The number of hydrogen-bond donors (Lipinski definition) is 1. The molecule has 0 spiro atoms. The second-order valence-electron chi connectivity index (χ2n) is 6.37. The van der Waals surface area contributed by atoms with Gasteiger partial charge < -0.3 is 10.1 Å². The van der Waals surface area contributed by atoms with E-state index in [9.17, 15) is 26.4 Å². The number of nitrogens with zero attached hydrogens (tertiary/aromatic N) is 1. The summed E-state index contributed by atoms with van der Waals surface area (Å²) in [6.07, 6.45) is -4.83. The molecule has 164 valence electrons. The Morgan fingerprint density at radius 2 is 1.77 bits per heavy atom. The quantitative estimate of drug-likeness (QED) is 0.670. The highest BCUT2D eigenvalue weighted by molar-refractivity contribution is 7.89. The fourth-order valence-electron chi connectivity index (χ4n) is 2.90. The van der Waals surface area contributed by atoms with E-state index in [2.05, 4.69) is 5.32 Å². The van der Waals surface area contributed by atoms with Crippen molar-refractivity contribution in [3.8, 4) is 5.75 Å². The lowest BCUT2D eigenvalue weighted by molar-refractivity contribution is -0.137. The third-order valence-corrected chi connectivity index (χ3v) is 6.45. The largest absolute Gasteiger partial charge is 0.495 e. The van der Waals surface area contributed by atoms with Crippen LogP contribution in [0, 0.1) is 0 Å². The van der Waals surface area contributed by atoms with Crippen molar-refractivity contribution < 1.29 is 31.1 Å². The lowest BCUT2D eigenvalue weighted by Crippen LogP contribution is -2.30. The van der Waals surface area contributed by atoms with Crippen LogP contribution >= 0.6 is 0 Å². The molecule has 30 heavy (non-hydrogen) atoms. The molecule has 1 N–H and O–H groups in total. The second kappa shape index (κ2) is 9.48. The summed E-state index contributed by atoms with van der Waals surface area (Å²) in [4.78, 5) is 12.4. The molecule has 0 saturated heterocycles. The van der Waals surface area contributed by atoms with Gasteiger partial charge in [-0.2, -0.15) is 17.5 Å². The molecule has 0 saturated carbocycles. The number of halogens is 3. The number of nitrogens with one attached hydrogen (secondary N) is 1. The predicted molar refractivity (Wildman–Crippen MR) is 107 cm³/mol. The highest BCUT2D eigenvalue weighted by Gasteiger charge is 2.30. The zero-order chi connectivity index (χ0) is 22.5. The van der Waals surface area contributed by atoms with Crippen LogP contribution < -0.4 is 10.1 Å². The monoisotopic (exact) mass is 444 g/mol. The van der Waals surface area contributed by atoms with E-state index >= 15 is 0 Å². The average molecular weight is 444 g/mol. The van der Waals surface area contributed by atoms with Crippen LogP contribution in [0.3, 0.4) is 0 Å². The Morgan fingerprint density at radius 3 is 2.33 bits per heavy atom. The molecule has 0 fully saturated rings. The van der Waals surface area contributed by atoms with E-state index in [0.717, 1.165) is 12.1 Å². The van der Waals surface area contributed by atoms with Crippen LogP contribution in [0.1, 0.15) is 25.0 Å². The van der Waals surface area contributed by atoms with Gasteiger partial charge in [0.15, 0.2) is 0 Å². The van der Waals surface area contributed by atoms with Crippen LogP contribution in [0.2, 0.25) is 0 Å². The summed E-state index contributed by atoms with van der Waals surface area (Å²) >= 11 is 0. The van der Waals surface area contributed by atoms with Gasteiger partial charge in [-0.25, -0.2) is 8.42 Å². The summed E-state index contributed by atoms with van der Waals surface area (Å²) in [5.74, 6) is -0.379. The fraction of sp³-hybridized carbons (Fsp3) is 0.350. The maximum atomic E-state index is 12.9. The van der Waals surface area contributed by atoms with Gasteiger partial charge in [-0.15, -0.1) is 0 Å². The van der Waals surface area contributed by atoms with E-state index in [1.165, 1.54) is 41.7 Å². The Labute approximate surface area is 173 Å². The molecular formula is C20H23F3N2O4S. The van der Waals surface area contributed by atoms with Crippen molar-refractivity contribution in [3.05, 3.63) is 53.6 Å². The van der Waals surface area contributed by atoms with Crippen LogP contribution in [0.5, 0.6) is 5.75 Å². The first-order valence-corrected chi connectivity index (χ1v) is 10.6. The Kier molecular flexibility index (Phi) is 7.49. The minimum atomic E-state index is -4.51. The molecule has 2 rings (SSSR count). The summed E-state index contributed by atoms with van der Waals surface area (Å²) in [5, 5.41) is 2.53. The average Bonchev–Trinajstić information content (AvgIpc) is 2.68. The number of sulfonamides is 1. The number of alkyl halides is 3. The first kappa shape index (κ1) is 23.7. The van der Waals surface area contributed by atoms with Gasteiger partial charge in [0.2, 0.25) is 15.9 Å². The summed E-state index contributed by atoms with van der Waals surface area (Å²) in [7, 11) is -2.41. The molecule has 0 aliphatic carbocycles. The highest BCUT2D eigenvalue weighted by Crippen LogP contribution is 2.31. The first-order chi connectivity index (χ1) is 14.0. The third-order valence-electron chi connectivity index (χ3n) is 4.41. The topological polar surface area (TPSA) is 75.7 Å². The van der Waals surface area contributed by atoms with E-state index in [0.29, 0.717) is 0 Å². The van der Waals surface area contributed by atoms with Gasteiger partial charge >= 0.3 is 6.18 Å². The van der Waals surface area contributed by atoms with Crippen molar-refractivity contribution in [2.24, 2.45) is 0 Å². The number of carbonyl (C=O) groups excluding carboxylic acids is 1. The van der Waals surface area contributed by atoms with Gasteiger partial charge in [-0.3, -0.25) is 4.79 Å². The van der Waals surface area contributed by atoms with Crippen molar-refractivity contribution in [2.45, 2.75) is 31.3 Å². The molecule has 10 heteroatoms. The Balaban J connectivity index is 2.28. The first-order valence-electron chi connectivity index (χ1n) is 9.17. The van der Waals surface area contributed by atoms with Crippen LogP contribution in [-0.2, 0) is 27.4 Å². The van der Waals surface area contributed by atoms with Crippen LogP contribution in [0.4, 0.5) is 18.9 Å². The number of benzene rings is 2. The molecule has 6 nitrogen and oxygen atoms in total. The number of ether oxygens (including phenoxy) is 1. The summed E-state index contributed by atoms with van der Waals surface area (Å²) < 4.78 is 70.4. The van der Waals surface area contributed by atoms with Gasteiger partial charge in [-0.1, -0.05) is 32.0 Å². The van der Waals surface area contributed by atoms with E-state index in [-0.39, 0.29) is 41.4 Å². The van der Waals surface area contributed by atoms with Gasteiger partial charge in [-0.05, 0) is 29.8 Å². The van der Waals surface area contributed by atoms with Crippen molar-refractivity contribution >= 4 is 21.6 Å². The van der Waals surface area contributed by atoms with E-state index in [1.807, 2.05) is 0 Å². The number of hydrogen-bond acceptors (Lipinski definition) is 4. The molecule has 2 aromatic carbocycles. The second-order valence-corrected chi connectivity index (χ2v) is 8.31. The molecule has 0 atom stereocenters. The maximum Gasteiger partial charge on any atom is 0.416 e. The number of rotatable bonds is 8. The number of anilines is 1. The minimum Gasteiger partial charge on any atom is -0.495 e. The molecule has 0 aliphatic heterocycles. The molecule has 2 aromatic rings. The van der Waals surface area contributed by atoms with Crippen LogP contribution in [0.15, 0.2) is 47.4 Å². The Hall–Kier alpha value is -2.59. The van der Waals surface area contributed by atoms with Crippen molar-refractivity contribution in [1.82, 2.24) is 4.31 Å². The van der Waals surface area contributed by atoms with Crippen molar-refractivity contribution in [1.29, 1.82) is 0 Å². The summed E-state index contributed by atoms with van der Waals surface area (Å²) in [6.45, 7) is 3.98. The lowest BCUT2D eigenvalue weighted by atomic mass is 10.1. The van der Waals surface area contributed by atoms with Gasteiger partial charge in [0.1, 0.15) is 5.75 Å². The summed E-state index contributed by atoms with van der Waals surface area (Å²) in [5.41, 5.74) is -0.561. The molecule has 0 bridgehead atoms. The minimum absolute atomic E-state index is 0.0265. The lowest BCUT2D eigenvalue weighted by Gasteiger charge is -2.19. The highest BCUT2D eigenvalue weighted by atomic mass is 32.2. The molecule has 0 heterocycles. The Bertz CT molecular complexity index is 1000. The van der Waals surface area contributed by atoms with E-state index < -0.39 is 27.7 Å². The molecule has 1 amide bonds. The smallest absolute Gasteiger partial charge is 0.416 e. The normalized spacial score (nSPS) is 12.1. The summed E-state index contributed by atoms with van der Waals surface area (Å²) in [6, 6.07) is 8.52. The van der Waals surface area contributed by atoms with Crippen LogP contribution in [-0.4, -0.2) is 38.8 Å². The maximum absolute atomic E-state index is 12.9. The number of carbonyl (C=O) groups is 1. The number of methoxy groups -OCH3 is 1. The zero-order valence-corrected chi connectivity index (χ0v) is 17.6. The molecule has 0 unspecified atom stereocenters. The van der Waals surface area contributed by atoms with Crippen molar-refractivity contribution in [2.75, 3.05) is 25.5 Å². The van der Waals surface area contributed by atoms with Gasteiger partial charge in [0.25, 0.3) is 0 Å². The molecule has 0 aromatic heterocycles. The molecule has 0 radical (unpaired) electrons. The Morgan fingerprint density at radius 1 is 1.10 bits per heavy atom. The molecule has 0 aliphatic rings. The van der Waals surface area contributed by atoms with Crippen molar-refractivity contribution in [3.63, 3.8) is 0 Å². The zero-order valence-electron chi connectivity index (χ0n) is 16.8. The van der Waals surface area contributed by atoms with E-state index in [4.69, 9.17) is 4.74 Å². The van der Waals surface area contributed by atoms with Gasteiger partial charge in [0, 0.05) is 13.1 Å².